The number of fused-ring (bicyclic) bond motifs is 1. The second-order valence-electron chi connectivity index (χ2n) is 4.15. The lowest BCUT2D eigenvalue weighted by Crippen LogP contribution is -1.62. The topological polar surface area (TPSA) is 38.9 Å². The van der Waals surface area contributed by atoms with Crippen molar-refractivity contribution in [2.24, 2.45) is 0 Å². The molecule has 2 heterocycles. The van der Waals surface area contributed by atoms with E-state index in [0.29, 0.717) is 0 Å². The summed E-state index contributed by atoms with van der Waals surface area (Å²) in [4.78, 5) is 7.69. The van der Waals surface area contributed by atoms with Crippen LogP contribution in [-0.2, 0) is 0 Å². The third-order valence-electron chi connectivity index (χ3n) is 2.52. The van der Waals surface area contributed by atoms with E-state index in [9.17, 15) is 0 Å². The largest absolute Gasteiger partial charge is 0.452 e. The van der Waals surface area contributed by atoms with Crippen molar-refractivity contribution in [2.45, 2.75) is 6.92 Å². The van der Waals surface area contributed by atoms with Gasteiger partial charge in [0, 0.05) is 0 Å². The zero-order valence-corrected chi connectivity index (χ0v) is 12.5. The number of hydrogen-bond acceptors (Lipinski definition) is 4. The Labute approximate surface area is 127 Å². The van der Waals surface area contributed by atoms with Crippen molar-refractivity contribution in [1.29, 1.82) is 0 Å². The van der Waals surface area contributed by atoms with Crippen molar-refractivity contribution in [3.8, 4) is 0 Å². The van der Waals surface area contributed by atoms with Gasteiger partial charge >= 0.3 is 0 Å². The first-order valence-corrected chi connectivity index (χ1v) is 7.36. The summed E-state index contributed by atoms with van der Waals surface area (Å²) in [5.74, 6) is 0. The average Bonchev–Trinajstić information content (AvgIpc) is 3.23. The molecular weight excluding hydrogens is 280 g/mol. The van der Waals surface area contributed by atoms with E-state index < -0.39 is 0 Å². The second kappa shape index (κ2) is 8.66. The van der Waals surface area contributed by atoms with E-state index >= 15 is 0 Å². The Morgan fingerprint density at radius 3 is 2.24 bits per heavy atom. The predicted molar refractivity (Wildman–Crippen MR) is 87.3 cm³/mol. The Bertz CT molecular complexity index is 673. The van der Waals surface area contributed by atoms with E-state index in [4.69, 9.17) is 0 Å². The zero-order chi connectivity index (χ0) is 14.8. The van der Waals surface area contributed by atoms with Crippen LogP contribution >= 0.6 is 11.3 Å². The van der Waals surface area contributed by atoms with Crippen molar-refractivity contribution < 1.29 is 4.42 Å². The first-order valence-electron chi connectivity index (χ1n) is 6.48. The third kappa shape index (κ3) is 5.58. The minimum atomic E-state index is 1.10. The van der Waals surface area contributed by atoms with Gasteiger partial charge in [-0.05, 0) is 19.1 Å². The third-order valence-corrected chi connectivity index (χ3v) is 3.33. The van der Waals surface area contributed by atoms with Crippen LogP contribution in [0.5, 0.6) is 0 Å². The molecule has 0 unspecified atom stereocenters. The van der Waals surface area contributed by atoms with Gasteiger partial charge in [-0.2, -0.15) is 0 Å². The number of rotatable bonds is 0. The lowest BCUT2D eigenvalue weighted by Gasteiger charge is -1.82. The highest BCUT2D eigenvalue weighted by atomic mass is 32.1. The van der Waals surface area contributed by atoms with Crippen molar-refractivity contribution in [3.05, 3.63) is 84.5 Å². The quantitative estimate of drug-likeness (QED) is 0.460. The summed E-state index contributed by atoms with van der Waals surface area (Å²) in [6.45, 7) is 2.08. The van der Waals surface area contributed by atoms with Crippen LogP contribution in [0.25, 0.3) is 10.2 Å². The number of para-hydroxylation sites is 1. The number of nitrogens with zero attached hydrogens (tertiary/aromatic N) is 2. The van der Waals surface area contributed by atoms with E-state index in [0.717, 1.165) is 5.52 Å². The molecule has 0 saturated heterocycles. The highest BCUT2D eigenvalue weighted by Crippen LogP contribution is 2.15. The maximum Gasteiger partial charge on any atom is 0.180 e. The first kappa shape index (κ1) is 14.9. The van der Waals surface area contributed by atoms with Gasteiger partial charge in [0.1, 0.15) is 6.26 Å². The molecule has 0 fully saturated rings. The fourth-order valence-electron chi connectivity index (χ4n) is 1.51. The Hall–Kier alpha value is -2.46. The Morgan fingerprint density at radius 2 is 1.71 bits per heavy atom. The van der Waals surface area contributed by atoms with Crippen molar-refractivity contribution in [1.82, 2.24) is 9.97 Å². The maximum atomic E-state index is 4.47. The fraction of sp³-hybridized carbons (Fsp3) is 0.0588. The molecule has 0 aliphatic heterocycles. The molecule has 4 heteroatoms. The molecule has 0 aliphatic rings. The van der Waals surface area contributed by atoms with Crippen LogP contribution in [0.15, 0.2) is 83.4 Å². The summed E-state index contributed by atoms with van der Waals surface area (Å²) in [6.07, 6.45) is 4.47. The van der Waals surface area contributed by atoms with E-state index in [1.54, 1.807) is 17.5 Å². The molecule has 2 aromatic carbocycles. The lowest BCUT2D eigenvalue weighted by atomic mass is 10.2. The minimum Gasteiger partial charge on any atom is -0.452 e. The summed E-state index contributed by atoms with van der Waals surface area (Å²) in [5.41, 5.74) is 4.29. The molecule has 0 amide bonds. The Morgan fingerprint density at radius 1 is 0.952 bits per heavy atom. The highest BCUT2D eigenvalue weighted by Gasteiger charge is 1.89. The molecule has 4 aromatic rings. The summed E-state index contributed by atoms with van der Waals surface area (Å²) in [7, 11) is 0. The molecule has 0 bridgehead atoms. The maximum absolute atomic E-state index is 4.47. The molecule has 0 radical (unpaired) electrons. The summed E-state index contributed by atoms with van der Waals surface area (Å²) < 4.78 is 5.73. The number of hydrogen-bond donors (Lipinski definition) is 0. The molecular formula is C17H16N2OS. The van der Waals surface area contributed by atoms with Crippen molar-refractivity contribution in [3.63, 3.8) is 0 Å². The number of benzene rings is 2. The molecule has 0 atom stereocenters. The van der Waals surface area contributed by atoms with E-state index in [1.807, 2.05) is 41.9 Å². The van der Waals surface area contributed by atoms with Crippen molar-refractivity contribution in [2.75, 3.05) is 0 Å². The standard InChI is InChI=1S/C7H5NS.C7H8.C3H3NO/c1-2-4-7-6(3-1)8-5-9-7;1-7-5-3-2-4-6-7;1-2-5-3-4-1/h1-5H;2-6H,1H3;1-3H. The van der Waals surface area contributed by atoms with Gasteiger partial charge in [0.15, 0.2) is 6.39 Å². The molecule has 21 heavy (non-hydrogen) atoms. The van der Waals surface area contributed by atoms with Crippen LogP contribution in [0.1, 0.15) is 5.56 Å². The molecule has 3 nitrogen and oxygen atoms in total. The van der Waals surface area contributed by atoms with Gasteiger partial charge in [0.25, 0.3) is 0 Å². The van der Waals surface area contributed by atoms with Gasteiger partial charge in [-0.3, -0.25) is 0 Å². The van der Waals surface area contributed by atoms with Crippen LogP contribution in [-0.4, -0.2) is 9.97 Å². The van der Waals surface area contributed by atoms with E-state index in [1.165, 1.54) is 22.9 Å². The van der Waals surface area contributed by atoms with Gasteiger partial charge in [0.2, 0.25) is 0 Å². The van der Waals surface area contributed by atoms with Gasteiger partial charge in [-0.25, -0.2) is 9.97 Å². The summed E-state index contributed by atoms with van der Waals surface area (Å²) in [6, 6.07) is 18.4. The number of aryl methyl sites for hydroxylation is 1. The van der Waals surface area contributed by atoms with Crippen LogP contribution in [0.2, 0.25) is 0 Å². The predicted octanol–water partition coefficient (Wildman–Crippen LogP) is 4.97. The highest BCUT2D eigenvalue weighted by molar-refractivity contribution is 7.16. The van der Waals surface area contributed by atoms with Crippen LogP contribution in [0.3, 0.4) is 0 Å². The van der Waals surface area contributed by atoms with Gasteiger partial charge in [-0.1, -0.05) is 48.0 Å². The molecule has 106 valence electrons. The lowest BCUT2D eigenvalue weighted by molar-refractivity contribution is 0.558. The minimum absolute atomic E-state index is 1.10. The van der Waals surface area contributed by atoms with E-state index in [2.05, 4.69) is 39.5 Å². The Kier molecular flexibility index (Phi) is 6.16. The molecule has 0 aliphatic carbocycles. The SMILES string of the molecule is Cc1ccccc1.c1ccc2scnc2c1.c1cocn1. The van der Waals surface area contributed by atoms with Gasteiger partial charge < -0.3 is 4.42 Å². The number of aromatic nitrogens is 2. The number of oxazole rings is 1. The number of thiazole rings is 1. The molecule has 4 rings (SSSR count). The fourth-order valence-corrected chi connectivity index (χ4v) is 2.19. The van der Waals surface area contributed by atoms with Crippen molar-refractivity contribution >= 4 is 21.6 Å². The van der Waals surface area contributed by atoms with Crippen LogP contribution in [0, 0.1) is 6.92 Å². The second-order valence-corrected chi connectivity index (χ2v) is 5.04. The molecule has 0 saturated carbocycles. The summed E-state index contributed by atoms with van der Waals surface area (Å²) >= 11 is 1.68. The Balaban J connectivity index is 0.000000121. The summed E-state index contributed by atoms with van der Waals surface area (Å²) in [5, 5.41) is 0. The van der Waals surface area contributed by atoms with Gasteiger partial charge in [0.05, 0.1) is 21.9 Å². The molecule has 0 spiro atoms. The van der Waals surface area contributed by atoms with Gasteiger partial charge in [-0.15, -0.1) is 11.3 Å². The van der Waals surface area contributed by atoms with E-state index in [-0.39, 0.29) is 0 Å². The van der Waals surface area contributed by atoms with Crippen LogP contribution in [0.4, 0.5) is 0 Å². The molecule has 0 N–H and O–H groups in total. The smallest absolute Gasteiger partial charge is 0.180 e. The first-order chi connectivity index (χ1) is 10.4. The zero-order valence-electron chi connectivity index (χ0n) is 11.7. The normalized spacial score (nSPS) is 9.19. The monoisotopic (exact) mass is 296 g/mol. The average molecular weight is 296 g/mol. The van der Waals surface area contributed by atoms with Crippen LogP contribution < -0.4 is 0 Å². The molecule has 2 aromatic heterocycles.